The standard InChI is InChI=1S/C30H47NO3/c1-19(2)20-9-14-30(18-33)16-15-28(5)21(25(20)30)7-8-23-26(3)12-11-24(31-34)27(4,17-32)22(26)10-13-29(23,28)6/h18,20-25,32H,1,7-17H2,2-6H3/t20-,21+,22+,23+,24?,25+,26-,27?,28+,29+,30+/m0/s1. The first-order valence-corrected chi connectivity index (χ1v) is 14.0. The van der Waals surface area contributed by atoms with Gasteiger partial charge in [0.25, 0.3) is 0 Å². The Hall–Kier alpha value is -1.03. The summed E-state index contributed by atoms with van der Waals surface area (Å²) in [5, 5.41) is 14.0. The molecule has 0 spiro atoms. The van der Waals surface area contributed by atoms with Crippen LogP contribution in [0.4, 0.5) is 0 Å². The number of carbonyl (C=O) groups excluding carboxylic acids is 1. The highest BCUT2D eigenvalue weighted by Gasteiger charge is 2.71. The third-order valence-corrected chi connectivity index (χ3v) is 13.6. The van der Waals surface area contributed by atoms with Crippen molar-refractivity contribution in [1.82, 2.24) is 0 Å². The molecule has 5 saturated carbocycles. The number of allylic oxidation sites excluding steroid dienone is 1. The van der Waals surface area contributed by atoms with Crippen LogP contribution in [-0.2, 0) is 4.79 Å². The Kier molecular flexibility index (Phi) is 5.61. The van der Waals surface area contributed by atoms with Crippen molar-refractivity contribution in [2.24, 2.45) is 61.8 Å². The van der Waals surface area contributed by atoms with Crippen LogP contribution in [0.25, 0.3) is 0 Å². The Labute approximate surface area is 206 Å². The second-order valence-electron chi connectivity index (χ2n) is 14.4. The van der Waals surface area contributed by atoms with Gasteiger partial charge in [0.2, 0.25) is 0 Å². The number of hydrogen-bond donors (Lipinski definition) is 1. The zero-order chi connectivity index (χ0) is 24.7. The summed E-state index contributed by atoms with van der Waals surface area (Å²) in [6, 6.07) is -0.274. The molecule has 190 valence electrons. The molecule has 1 N–H and O–H groups in total. The minimum atomic E-state index is -0.413. The number of rotatable bonds is 4. The Morgan fingerprint density at radius 1 is 0.941 bits per heavy atom. The van der Waals surface area contributed by atoms with E-state index >= 15 is 0 Å². The Bertz CT molecular complexity index is 886. The number of carbonyl (C=O) groups is 1. The molecule has 34 heavy (non-hydrogen) atoms. The summed E-state index contributed by atoms with van der Waals surface area (Å²) in [5.74, 6) is 2.43. The predicted octanol–water partition coefficient (Wildman–Crippen LogP) is 6.95. The summed E-state index contributed by atoms with van der Waals surface area (Å²) in [4.78, 5) is 24.3. The van der Waals surface area contributed by atoms with Gasteiger partial charge in [0.05, 0.1) is 12.6 Å². The Morgan fingerprint density at radius 3 is 2.29 bits per heavy atom. The monoisotopic (exact) mass is 469 g/mol. The quantitative estimate of drug-likeness (QED) is 0.275. The van der Waals surface area contributed by atoms with Crippen molar-refractivity contribution in [3.8, 4) is 0 Å². The van der Waals surface area contributed by atoms with Crippen LogP contribution in [0.5, 0.6) is 0 Å². The van der Waals surface area contributed by atoms with Crippen molar-refractivity contribution in [2.75, 3.05) is 6.61 Å². The minimum absolute atomic E-state index is 0.0528. The molecule has 0 radical (unpaired) electrons. The van der Waals surface area contributed by atoms with Gasteiger partial charge in [0, 0.05) is 10.8 Å². The van der Waals surface area contributed by atoms with Gasteiger partial charge >= 0.3 is 0 Å². The number of nitroso groups, excluding NO2 is 1. The molecule has 0 amide bonds. The minimum Gasteiger partial charge on any atom is -0.396 e. The highest BCUT2D eigenvalue weighted by Crippen LogP contribution is 2.77. The molecule has 5 aliphatic carbocycles. The van der Waals surface area contributed by atoms with Gasteiger partial charge in [-0.2, -0.15) is 4.91 Å². The zero-order valence-corrected chi connectivity index (χ0v) is 22.2. The molecule has 0 saturated heterocycles. The van der Waals surface area contributed by atoms with E-state index in [2.05, 4.69) is 46.4 Å². The predicted molar refractivity (Wildman–Crippen MR) is 136 cm³/mol. The van der Waals surface area contributed by atoms with Gasteiger partial charge < -0.3 is 9.90 Å². The maximum atomic E-state index is 12.6. The van der Waals surface area contributed by atoms with Crippen LogP contribution in [0.3, 0.4) is 0 Å². The summed E-state index contributed by atoms with van der Waals surface area (Å²) in [6.45, 7) is 16.4. The number of aliphatic hydroxyl groups excluding tert-OH is 1. The van der Waals surface area contributed by atoms with E-state index in [0.29, 0.717) is 29.6 Å². The molecule has 11 atom stereocenters. The highest BCUT2D eigenvalue weighted by molar-refractivity contribution is 5.62. The number of hydrogen-bond acceptors (Lipinski definition) is 4. The van der Waals surface area contributed by atoms with Crippen LogP contribution in [0.2, 0.25) is 0 Å². The molecule has 0 aromatic rings. The summed E-state index contributed by atoms with van der Waals surface area (Å²) in [6.07, 6.45) is 12.2. The molecule has 0 aromatic carbocycles. The SMILES string of the molecule is C=C(C)[C@@H]1CC[C@]2(C=O)CC[C@]3(C)[C@H](CC[C@@H]4[C@@]5(C)CCC(N=O)C(C)(CO)[C@@H]5CC[C@]43C)[C@@H]12. The van der Waals surface area contributed by atoms with Crippen molar-refractivity contribution in [2.45, 2.75) is 105 Å². The summed E-state index contributed by atoms with van der Waals surface area (Å²) >= 11 is 0. The van der Waals surface area contributed by atoms with Crippen molar-refractivity contribution in [3.05, 3.63) is 17.1 Å². The Balaban J connectivity index is 1.55. The molecule has 5 aliphatic rings. The van der Waals surface area contributed by atoms with Crippen LogP contribution in [0.15, 0.2) is 17.3 Å². The van der Waals surface area contributed by atoms with Crippen LogP contribution < -0.4 is 0 Å². The number of aliphatic hydroxyl groups is 1. The fraction of sp³-hybridized carbons (Fsp3) is 0.900. The first-order chi connectivity index (χ1) is 16.0. The second-order valence-corrected chi connectivity index (χ2v) is 14.4. The maximum Gasteiger partial charge on any atom is 0.126 e. The fourth-order valence-electron chi connectivity index (χ4n) is 11.6. The first kappa shape index (κ1) is 24.7. The van der Waals surface area contributed by atoms with E-state index in [-0.39, 0.29) is 34.3 Å². The van der Waals surface area contributed by atoms with E-state index < -0.39 is 5.41 Å². The topological polar surface area (TPSA) is 66.7 Å². The number of fused-ring (bicyclic) bond motifs is 7. The second kappa shape index (κ2) is 7.73. The molecule has 5 rings (SSSR count). The summed E-state index contributed by atoms with van der Waals surface area (Å²) in [5.41, 5.74) is 1.29. The Morgan fingerprint density at radius 2 is 1.68 bits per heavy atom. The van der Waals surface area contributed by atoms with Crippen LogP contribution in [0, 0.1) is 61.6 Å². The van der Waals surface area contributed by atoms with Gasteiger partial charge in [0.15, 0.2) is 0 Å². The molecule has 0 aliphatic heterocycles. The van der Waals surface area contributed by atoms with Crippen LogP contribution in [0.1, 0.15) is 98.8 Å². The zero-order valence-electron chi connectivity index (χ0n) is 22.2. The summed E-state index contributed by atoms with van der Waals surface area (Å²) in [7, 11) is 0. The van der Waals surface area contributed by atoms with Crippen molar-refractivity contribution in [1.29, 1.82) is 0 Å². The van der Waals surface area contributed by atoms with Crippen LogP contribution >= 0.6 is 0 Å². The maximum absolute atomic E-state index is 12.6. The van der Waals surface area contributed by atoms with Gasteiger partial charge in [-0.25, -0.2) is 0 Å². The van der Waals surface area contributed by atoms with E-state index in [9.17, 15) is 14.8 Å². The third kappa shape index (κ3) is 2.78. The number of nitrogens with zero attached hydrogens (tertiary/aromatic N) is 1. The van der Waals surface area contributed by atoms with E-state index in [1.54, 1.807) is 0 Å². The molecule has 4 heteroatoms. The van der Waals surface area contributed by atoms with E-state index in [1.165, 1.54) is 24.7 Å². The molecule has 2 unspecified atom stereocenters. The molecular formula is C30H47NO3. The van der Waals surface area contributed by atoms with Crippen LogP contribution in [-0.4, -0.2) is 24.0 Å². The van der Waals surface area contributed by atoms with Gasteiger partial charge in [0.1, 0.15) is 6.29 Å². The lowest BCUT2D eigenvalue weighted by Gasteiger charge is -2.72. The molecule has 0 heterocycles. The van der Waals surface area contributed by atoms with Gasteiger partial charge in [-0.15, -0.1) is 0 Å². The van der Waals surface area contributed by atoms with Gasteiger partial charge in [-0.05, 0) is 117 Å². The molecule has 0 bridgehead atoms. The molecule has 0 aromatic heterocycles. The van der Waals surface area contributed by atoms with E-state index in [0.717, 1.165) is 51.4 Å². The average Bonchev–Trinajstić information content (AvgIpc) is 3.20. The molecular weight excluding hydrogens is 422 g/mol. The lowest BCUT2D eigenvalue weighted by molar-refractivity contribution is -0.240. The molecule has 4 nitrogen and oxygen atoms in total. The van der Waals surface area contributed by atoms with Gasteiger partial charge in [-0.1, -0.05) is 45.0 Å². The lowest BCUT2D eigenvalue weighted by atomic mass is 9.32. The normalized spacial score (nSPS) is 56.4. The third-order valence-electron chi connectivity index (χ3n) is 13.6. The van der Waals surface area contributed by atoms with Crippen molar-refractivity contribution in [3.63, 3.8) is 0 Å². The smallest absolute Gasteiger partial charge is 0.126 e. The van der Waals surface area contributed by atoms with E-state index in [1.807, 2.05) is 0 Å². The van der Waals surface area contributed by atoms with Crippen molar-refractivity contribution < 1.29 is 9.90 Å². The molecule has 5 fully saturated rings. The highest BCUT2D eigenvalue weighted by atomic mass is 16.3. The number of aldehydes is 1. The average molecular weight is 470 g/mol. The fourth-order valence-corrected chi connectivity index (χ4v) is 11.6. The summed E-state index contributed by atoms with van der Waals surface area (Å²) < 4.78 is 0. The largest absolute Gasteiger partial charge is 0.396 e. The van der Waals surface area contributed by atoms with Crippen molar-refractivity contribution >= 4 is 6.29 Å². The first-order valence-electron chi connectivity index (χ1n) is 14.0. The lowest BCUT2D eigenvalue weighted by Crippen LogP contribution is -2.67. The van der Waals surface area contributed by atoms with E-state index in [4.69, 9.17) is 0 Å². The van der Waals surface area contributed by atoms with Gasteiger partial charge in [-0.3, -0.25) is 0 Å².